The van der Waals surface area contributed by atoms with Crippen molar-refractivity contribution in [3.8, 4) is 5.75 Å². The van der Waals surface area contributed by atoms with E-state index >= 15 is 0 Å². The standard InChI is InChI=1S/C20H24N2O2/c1-4-15-24-19-12-5-16(6-13-19)7-14-20(23)21-17-8-10-18(11-9-17)22(2)3/h5-14H,4,15H2,1-3H3,(H,21,23)/b14-7+. The van der Waals surface area contributed by atoms with Gasteiger partial charge in [-0.2, -0.15) is 0 Å². The van der Waals surface area contributed by atoms with Gasteiger partial charge in [-0.25, -0.2) is 0 Å². The predicted octanol–water partition coefficient (Wildman–Crippen LogP) is 4.19. The lowest BCUT2D eigenvalue weighted by Gasteiger charge is -2.12. The number of nitrogens with one attached hydrogen (secondary N) is 1. The molecule has 2 rings (SSSR count). The second kappa shape index (κ2) is 8.77. The van der Waals surface area contributed by atoms with Gasteiger partial charge in [-0.05, 0) is 54.5 Å². The summed E-state index contributed by atoms with van der Waals surface area (Å²) in [6.45, 7) is 2.79. The highest BCUT2D eigenvalue weighted by Crippen LogP contribution is 2.16. The maximum Gasteiger partial charge on any atom is 0.248 e. The molecule has 24 heavy (non-hydrogen) atoms. The van der Waals surface area contributed by atoms with Crippen LogP contribution in [0.1, 0.15) is 18.9 Å². The molecule has 0 aliphatic carbocycles. The number of hydrogen-bond donors (Lipinski definition) is 1. The number of anilines is 2. The Morgan fingerprint density at radius 2 is 1.75 bits per heavy atom. The smallest absolute Gasteiger partial charge is 0.248 e. The second-order valence-electron chi connectivity index (χ2n) is 5.68. The predicted molar refractivity (Wildman–Crippen MR) is 101 cm³/mol. The molecule has 4 nitrogen and oxygen atoms in total. The maximum absolute atomic E-state index is 12.0. The average Bonchev–Trinajstić information content (AvgIpc) is 2.59. The number of rotatable bonds is 7. The van der Waals surface area contributed by atoms with E-state index in [4.69, 9.17) is 4.74 Å². The summed E-state index contributed by atoms with van der Waals surface area (Å²) in [6, 6.07) is 15.4. The summed E-state index contributed by atoms with van der Waals surface area (Å²) in [5.74, 6) is 0.693. The summed E-state index contributed by atoms with van der Waals surface area (Å²) >= 11 is 0. The molecule has 0 aliphatic rings. The third kappa shape index (κ3) is 5.47. The lowest BCUT2D eigenvalue weighted by molar-refractivity contribution is -0.111. The van der Waals surface area contributed by atoms with Gasteiger partial charge in [0, 0.05) is 31.5 Å². The molecule has 4 heteroatoms. The SMILES string of the molecule is CCCOc1ccc(/C=C/C(=O)Nc2ccc(N(C)C)cc2)cc1. The highest BCUT2D eigenvalue weighted by Gasteiger charge is 2.00. The number of hydrogen-bond acceptors (Lipinski definition) is 3. The third-order valence-corrected chi connectivity index (χ3v) is 3.43. The Morgan fingerprint density at radius 1 is 1.08 bits per heavy atom. The lowest BCUT2D eigenvalue weighted by atomic mass is 10.2. The van der Waals surface area contributed by atoms with Crippen LogP contribution < -0.4 is 15.0 Å². The molecule has 0 aromatic heterocycles. The quantitative estimate of drug-likeness (QED) is 0.776. The molecule has 1 N–H and O–H groups in total. The van der Waals surface area contributed by atoms with Crippen molar-refractivity contribution in [1.82, 2.24) is 0 Å². The summed E-state index contributed by atoms with van der Waals surface area (Å²) < 4.78 is 5.53. The Bertz CT molecular complexity index is 674. The van der Waals surface area contributed by atoms with Crippen LogP contribution in [0.2, 0.25) is 0 Å². The first-order valence-corrected chi connectivity index (χ1v) is 8.08. The number of ether oxygens (including phenoxy) is 1. The van der Waals surface area contributed by atoms with Crippen molar-refractivity contribution in [2.45, 2.75) is 13.3 Å². The zero-order valence-electron chi connectivity index (χ0n) is 14.5. The molecule has 0 spiro atoms. The first-order chi connectivity index (χ1) is 11.6. The zero-order valence-corrected chi connectivity index (χ0v) is 14.5. The molecule has 1 amide bonds. The van der Waals surface area contributed by atoms with E-state index in [1.54, 1.807) is 6.08 Å². The Kier molecular flexibility index (Phi) is 6.43. The van der Waals surface area contributed by atoms with E-state index in [1.165, 1.54) is 6.08 Å². The number of nitrogens with zero attached hydrogens (tertiary/aromatic N) is 1. The molecule has 0 fully saturated rings. The van der Waals surface area contributed by atoms with Crippen LogP contribution in [0.4, 0.5) is 11.4 Å². The van der Waals surface area contributed by atoms with Crippen molar-refractivity contribution < 1.29 is 9.53 Å². The minimum Gasteiger partial charge on any atom is -0.494 e. The lowest BCUT2D eigenvalue weighted by Crippen LogP contribution is -2.10. The summed E-state index contributed by atoms with van der Waals surface area (Å²) in [4.78, 5) is 14.0. The van der Waals surface area contributed by atoms with E-state index in [1.807, 2.05) is 67.5 Å². The largest absolute Gasteiger partial charge is 0.494 e. The Balaban J connectivity index is 1.90. The minimum absolute atomic E-state index is 0.154. The van der Waals surface area contributed by atoms with Crippen molar-refractivity contribution in [3.05, 3.63) is 60.2 Å². The van der Waals surface area contributed by atoms with Crippen molar-refractivity contribution in [1.29, 1.82) is 0 Å². The Morgan fingerprint density at radius 3 is 2.33 bits per heavy atom. The van der Waals surface area contributed by atoms with Crippen LogP contribution >= 0.6 is 0 Å². The van der Waals surface area contributed by atoms with Crippen LogP contribution in [0.5, 0.6) is 5.75 Å². The molecule has 0 aliphatic heterocycles. The fraction of sp³-hybridized carbons (Fsp3) is 0.250. The summed E-state index contributed by atoms with van der Waals surface area (Å²) in [5, 5.41) is 2.85. The van der Waals surface area contributed by atoms with Gasteiger partial charge >= 0.3 is 0 Å². The molecule has 0 unspecified atom stereocenters. The van der Waals surface area contributed by atoms with Gasteiger partial charge in [0.15, 0.2) is 0 Å². The van der Waals surface area contributed by atoms with E-state index in [2.05, 4.69) is 12.2 Å². The van der Waals surface area contributed by atoms with E-state index in [0.717, 1.165) is 29.1 Å². The van der Waals surface area contributed by atoms with Crippen molar-refractivity contribution >= 4 is 23.4 Å². The van der Waals surface area contributed by atoms with Crippen LogP contribution in [0.15, 0.2) is 54.6 Å². The number of benzene rings is 2. The number of carbonyl (C=O) groups excluding carboxylic acids is 1. The van der Waals surface area contributed by atoms with Crippen molar-refractivity contribution in [2.75, 3.05) is 30.9 Å². The topological polar surface area (TPSA) is 41.6 Å². The molecular weight excluding hydrogens is 300 g/mol. The highest BCUT2D eigenvalue weighted by atomic mass is 16.5. The molecule has 0 radical (unpaired) electrons. The van der Waals surface area contributed by atoms with Gasteiger partial charge < -0.3 is 15.0 Å². The third-order valence-electron chi connectivity index (χ3n) is 3.43. The highest BCUT2D eigenvalue weighted by molar-refractivity contribution is 6.02. The first-order valence-electron chi connectivity index (χ1n) is 8.08. The molecule has 2 aromatic carbocycles. The van der Waals surface area contributed by atoms with Crippen LogP contribution in [-0.2, 0) is 4.79 Å². The van der Waals surface area contributed by atoms with E-state index in [-0.39, 0.29) is 5.91 Å². The van der Waals surface area contributed by atoms with E-state index in [9.17, 15) is 4.79 Å². The number of amides is 1. The molecule has 0 bridgehead atoms. The normalized spacial score (nSPS) is 10.6. The molecule has 0 atom stereocenters. The van der Waals surface area contributed by atoms with E-state index in [0.29, 0.717) is 6.61 Å². The van der Waals surface area contributed by atoms with Gasteiger partial charge in [0.05, 0.1) is 6.61 Å². The average molecular weight is 324 g/mol. The number of carbonyl (C=O) groups is 1. The second-order valence-corrected chi connectivity index (χ2v) is 5.68. The zero-order chi connectivity index (χ0) is 17.4. The van der Waals surface area contributed by atoms with Crippen LogP contribution in [0, 0.1) is 0 Å². The van der Waals surface area contributed by atoms with Crippen LogP contribution in [-0.4, -0.2) is 26.6 Å². The molecule has 0 saturated carbocycles. The van der Waals surface area contributed by atoms with Gasteiger partial charge in [0.1, 0.15) is 5.75 Å². The Labute approximate surface area is 143 Å². The van der Waals surface area contributed by atoms with Crippen LogP contribution in [0.25, 0.3) is 6.08 Å². The summed E-state index contributed by atoms with van der Waals surface area (Å²) in [6.07, 6.45) is 4.30. The van der Waals surface area contributed by atoms with Gasteiger partial charge in [-0.15, -0.1) is 0 Å². The molecule has 126 valence electrons. The first kappa shape index (κ1) is 17.6. The summed E-state index contributed by atoms with van der Waals surface area (Å²) in [7, 11) is 3.96. The van der Waals surface area contributed by atoms with Gasteiger partial charge in [0.2, 0.25) is 5.91 Å². The van der Waals surface area contributed by atoms with Gasteiger partial charge in [-0.1, -0.05) is 19.1 Å². The molecule has 0 heterocycles. The monoisotopic (exact) mass is 324 g/mol. The van der Waals surface area contributed by atoms with Crippen molar-refractivity contribution in [3.63, 3.8) is 0 Å². The van der Waals surface area contributed by atoms with Crippen LogP contribution in [0.3, 0.4) is 0 Å². The molecule has 0 saturated heterocycles. The fourth-order valence-electron chi connectivity index (χ4n) is 2.09. The molecular formula is C20H24N2O2. The molecule has 2 aromatic rings. The van der Waals surface area contributed by atoms with Gasteiger partial charge in [-0.3, -0.25) is 4.79 Å². The maximum atomic E-state index is 12.0. The van der Waals surface area contributed by atoms with Crippen molar-refractivity contribution in [2.24, 2.45) is 0 Å². The minimum atomic E-state index is -0.154. The Hall–Kier alpha value is -2.75. The van der Waals surface area contributed by atoms with E-state index < -0.39 is 0 Å². The van der Waals surface area contributed by atoms with Gasteiger partial charge in [0.25, 0.3) is 0 Å². The summed E-state index contributed by atoms with van der Waals surface area (Å²) in [5.41, 5.74) is 2.82. The fourth-order valence-corrected chi connectivity index (χ4v) is 2.09.